The Morgan fingerprint density at radius 3 is 2.56 bits per heavy atom. The first-order chi connectivity index (χ1) is 7.86. The Morgan fingerprint density at radius 1 is 1.31 bits per heavy atom. The molecule has 0 spiro atoms. The summed E-state index contributed by atoms with van der Waals surface area (Å²) < 4.78 is 0. The Balaban J connectivity index is 1.62. The summed E-state index contributed by atoms with van der Waals surface area (Å²) in [7, 11) is 0. The Morgan fingerprint density at radius 2 is 2.00 bits per heavy atom. The van der Waals surface area contributed by atoms with E-state index in [4.69, 9.17) is 6.42 Å². The van der Waals surface area contributed by atoms with Crippen LogP contribution in [0.5, 0.6) is 0 Å². The second-order valence-electron chi connectivity index (χ2n) is 5.97. The van der Waals surface area contributed by atoms with Crippen LogP contribution >= 0.6 is 0 Å². The largest absolute Gasteiger partial charge is 0.314 e. The average Bonchev–Trinajstić information content (AvgIpc) is 2.73. The van der Waals surface area contributed by atoms with Crippen molar-refractivity contribution < 1.29 is 0 Å². The van der Waals surface area contributed by atoms with Gasteiger partial charge in [0.2, 0.25) is 0 Å². The lowest BCUT2D eigenvalue weighted by Gasteiger charge is -2.20. The summed E-state index contributed by atoms with van der Waals surface area (Å²) in [6.07, 6.45) is 12.1. The molecule has 0 saturated heterocycles. The Bertz CT molecular complexity index is 287. The maximum atomic E-state index is 5.40. The zero-order chi connectivity index (χ0) is 11.1. The molecule has 2 bridgehead atoms. The molecule has 3 fully saturated rings. The molecular formula is C15H23N. The molecule has 88 valence electrons. The van der Waals surface area contributed by atoms with Crippen molar-refractivity contribution >= 4 is 0 Å². The van der Waals surface area contributed by atoms with E-state index < -0.39 is 0 Å². The highest BCUT2D eigenvalue weighted by Crippen LogP contribution is 2.70. The summed E-state index contributed by atoms with van der Waals surface area (Å²) >= 11 is 0. The average molecular weight is 217 g/mol. The topological polar surface area (TPSA) is 12.0 Å². The molecule has 5 atom stereocenters. The quantitative estimate of drug-likeness (QED) is 0.698. The van der Waals surface area contributed by atoms with Crippen LogP contribution in [0.1, 0.15) is 39.0 Å². The van der Waals surface area contributed by atoms with Crippen molar-refractivity contribution in [1.82, 2.24) is 5.32 Å². The van der Waals surface area contributed by atoms with Gasteiger partial charge >= 0.3 is 0 Å². The van der Waals surface area contributed by atoms with E-state index in [0.717, 1.165) is 48.6 Å². The number of hydrogen-bond acceptors (Lipinski definition) is 1. The lowest BCUT2D eigenvalue weighted by Crippen LogP contribution is -2.33. The van der Waals surface area contributed by atoms with Gasteiger partial charge in [0.1, 0.15) is 0 Å². The Kier molecular flexibility index (Phi) is 2.72. The summed E-state index contributed by atoms with van der Waals surface area (Å²) in [5.41, 5.74) is 0. The summed E-state index contributed by atoms with van der Waals surface area (Å²) in [5.74, 6) is 8.14. The zero-order valence-corrected chi connectivity index (χ0v) is 10.3. The molecule has 3 rings (SSSR count). The van der Waals surface area contributed by atoms with Crippen LogP contribution in [0.15, 0.2) is 0 Å². The van der Waals surface area contributed by atoms with Crippen LogP contribution in [0, 0.1) is 41.9 Å². The van der Waals surface area contributed by atoms with Crippen molar-refractivity contribution in [3.63, 3.8) is 0 Å². The predicted octanol–water partition coefficient (Wildman–Crippen LogP) is 2.67. The van der Waals surface area contributed by atoms with E-state index in [2.05, 4.69) is 18.2 Å². The first kappa shape index (κ1) is 10.7. The Labute approximate surface area is 99.4 Å². The van der Waals surface area contributed by atoms with Gasteiger partial charge in [-0.15, -0.1) is 12.3 Å². The van der Waals surface area contributed by atoms with Gasteiger partial charge < -0.3 is 5.32 Å². The van der Waals surface area contributed by atoms with Gasteiger partial charge in [-0.2, -0.15) is 0 Å². The van der Waals surface area contributed by atoms with Crippen LogP contribution < -0.4 is 5.32 Å². The number of nitrogens with one attached hydrogen (secondary N) is 1. The molecule has 0 amide bonds. The van der Waals surface area contributed by atoms with Gasteiger partial charge in [-0.3, -0.25) is 0 Å². The van der Waals surface area contributed by atoms with E-state index in [-0.39, 0.29) is 0 Å². The third-order valence-corrected chi connectivity index (χ3v) is 5.33. The van der Waals surface area contributed by atoms with Gasteiger partial charge in [0, 0.05) is 12.5 Å². The van der Waals surface area contributed by atoms with Gasteiger partial charge in [0.25, 0.3) is 0 Å². The molecule has 3 saturated carbocycles. The fourth-order valence-electron chi connectivity index (χ4n) is 4.86. The summed E-state index contributed by atoms with van der Waals surface area (Å²) in [5, 5.41) is 3.68. The maximum Gasteiger partial charge on any atom is 0.0110 e. The maximum absolute atomic E-state index is 5.40. The third-order valence-electron chi connectivity index (χ3n) is 5.33. The van der Waals surface area contributed by atoms with Gasteiger partial charge in [-0.1, -0.05) is 6.92 Å². The van der Waals surface area contributed by atoms with Crippen LogP contribution in [-0.4, -0.2) is 12.6 Å². The molecule has 1 N–H and O–H groups in total. The van der Waals surface area contributed by atoms with Crippen molar-refractivity contribution in [2.45, 2.75) is 45.1 Å². The van der Waals surface area contributed by atoms with Crippen molar-refractivity contribution in [3.8, 4) is 12.3 Å². The minimum atomic E-state index is 0.722. The van der Waals surface area contributed by atoms with E-state index in [1.165, 1.54) is 19.3 Å². The molecule has 5 unspecified atom stereocenters. The molecular weight excluding hydrogens is 194 g/mol. The number of hydrogen-bond donors (Lipinski definition) is 1. The monoisotopic (exact) mass is 217 g/mol. The lowest BCUT2D eigenvalue weighted by molar-refractivity contribution is 0.355. The minimum absolute atomic E-state index is 0.722. The molecule has 0 aromatic rings. The molecule has 0 aliphatic heterocycles. The van der Waals surface area contributed by atoms with Gasteiger partial charge in [-0.05, 0) is 61.8 Å². The fraction of sp³-hybridized carbons (Fsp3) is 0.867. The van der Waals surface area contributed by atoms with Crippen molar-refractivity contribution in [3.05, 3.63) is 0 Å². The Hall–Kier alpha value is -0.480. The van der Waals surface area contributed by atoms with Crippen molar-refractivity contribution in [1.29, 1.82) is 0 Å². The predicted molar refractivity (Wildman–Crippen MR) is 66.8 cm³/mol. The van der Waals surface area contributed by atoms with E-state index >= 15 is 0 Å². The number of fused-ring (bicyclic) bond motifs is 5. The van der Waals surface area contributed by atoms with Crippen LogP contribution in [0.3, 0.4) is 0 Å². The van der Waals surface area contributed by atoms with Gasteiger partial charge in [-0.25, -0.2) is 0 Å². The van der Waals surface area contributed by atoms with Gasteiger partial charge in [0.05, 0.1) is 0 Å². The highest BCUT2D eigenvalue weighted by atomic mass is 14.9. The second kappa shape index (κ2) is 4.08. The molecule has 0 aromatic heterocycles. The second-order valence-corrected chi connectivity index (χ2v) is 5.97. The molecule has 3 aliphatic carbocycles. The number of rotatable bonds is 5. The molecule has 0 heterocycles. The molecule has 16 heavy (non-hydrogen) atoms. The molecule has 1 nitrogen and oxygen atoms in total. The van der Waals surface area contributed by atoms with E-state index in [9.17, 15) is 0 Å². The first-order valence-corrected chi connectivity index (χ1v) is 7.03. The number of terminal acetylenes is 1. The SMILES string of the molecule is C#CCCC(NCC)C1C2C3CCC(C3)C21. The zero-order valence-electron chi connectivity index (χ0n) is 10.3. The summed E-state index contributed by atoms with van der Waals surface area (Å²) in [6.45, 7) is 3.32. The van der Waals surface area contributed by atoms with Crippen LogP contribution in [0.4, 0.5) is 0 Å². The summed E-state index contributed by atoms with van der Waals surface area (Å²) in [4.78, 5) is 0. The van der Waals surface area contributed by atoms with Crippen molar-refractivity contribution in [2.75, 3.05) is 6.54 Å². The smallest absolute Gasteiger partial charge is 0.0110 e. The van der Waals surface area contributed by atoms with Crippen LogP contribution in [0.25, 0.3) is 0 Å². The summed E-state index contributed by atoms with van der Waals surface area (Å²) in [6, 6.07) is 0.722. The molecule has 0 radical (unpaired) electrons. The van der Waals surface area contributed by atoms with E-state index in [0.29, 0.717) is 0 Å². The first-order valence-electron chi connectivity index (χ1n) is 7.03. The normalized spacial score (nSPS) is 45.1. The van der Waals surface area contributed by atoms with E-state index in [1.54, 1.807) is 6.42 Å². The lowest BCUT2D eigenvalue weighted by atomic mass is 9.95. The third kappa shape index (κ3) is 1.51. The molecule has 1 heteroatoms. The highest BCUT2D eigenvalue weighted by Gasteiger charge is 2.66. The highest BCUT2D eigenvalue weighted by molar-refractivity contribution is 5.15. The van der Waals surface area contributed by atoms with Crippen LogP contribution in [0.2, 0.25) is 0 Å². The van der Waals surface area contributed by atoms with Crippen LogP contribution in [-0.2, 0) is 0 Å². The minimum Gasteiger partial charge on any atom is -0.314 e. The molecule has 3 aliphatic rings. The van der Waals surface area contributed by atoms with E-state index in [1.807, 2.05) is 0 Å². The fourth-order valence-corrected chi connectivity index (χ4v) is 4.86. The standard InChI is InChI=1S/C15H23N/c1-3-5-6-12(16-4-2)15-13-10-7-8-11(9-10)14(13)15/h1,10-16H,4-9H2,2H3. The van der Waals surface area contributed by atoms with Crippen molar-refractivity contribution in [2.24, 2.45) is 29.6 Å². The van der Waals surface area contributed by atoms with Gasteiger partial charge in [0.15, 0.2) is 0 Å². The molecule has 0 aromatic carbocycles.